The highest BCUT2D eigenvalue weighted by Gasteiger charge is 2.24. The number of aromatic nitrogens is 1. The zero-order valence-corrected chi connectivity index (χ0v) is 23.8. The zero-order valence-electron chi connectivity index (χ0n) is 23.0. The second-order valence-corrected chi connectivity index (χ2v) is 10.6. The third-order valence-corrected chi connectivity index (χ3v) is 7.86. The molecule has 202 valence electrons. The lowest BCUT2D eigenvalue weighted by Gasteiger charge is -2.12. The van der Waals surface area contributed by atoms with E-state index in [-0.39, 0.29) is 5.91 Å². The molecule has 0 aliphatic carbocycles. The van der Waals surface area contributed by atoms with E-state index < -0.39 is 5.97 Å². The number of esters is 1. The fourth-order valence-electron chi connectivity index (χ4n) is 4.92. The number of thiophene rings is 1. The molecule has 5 aromatic rings. The highest BCUT2D eigenvalue weighted by molar-refractivity contribution is 7.15. The number of para-hydroxylation sites is 1. The third kappa shape index (κ3) is 5.68. The highest BCUT2D eigenvalue weighted by atomic mass is 32.1. The van der Waals surface area contributed by atoms with Crippen molar-refractivity contribution in [1.29, 1.82) is 0 Å². The van der Waals surface area contributed by atoms with E-state index in [1.807, 2.05) is 47.8 Å². The molecule has 0 bridgehead atoms. The minimum Gasteiger partial charge on any atom is -0.465 e. The van der Waals surface area contributed by atoms with Crippen molar-refractivity contribution >= 4 is 39.1 Å². The van der Waals surface area contributed by atoms with Gasteiger partial charge in [-0.2, -0.15) is 0 Å². The quantitative estimate of drug-likeness (QED) is 0.187. The maximum atomic E-state index is 13.8. The molecule has 0 saturated heterocycles. The Hall–Kier alpha value is -4.29. The third-order valence-electron chi connectivity index (χ3n) is 6.96. The van der Waals surface area contributed by atoms with Crippen LogP contribution in [0.4, 0.5) is 5.00 Å². The number of pyridine rings is 1. The number of carbonyl (C=O) groups excluding carboxylic acids is 2. The monoisotopic (exact) mass is 548 g/mol. The lowest BCUT2D eigenvalue weighted by atomic mass is 10.0. The van der Waals surface area contributed by atoms with Crippen molar-refractivity contribution < 1.29 is 14.3 Å². The molecule has 0 unspecified atom stereocenters. The van der Waals surface area contributed by atoms with Crippen LogP contribution in [0.3, 0.4) is 0 Å². The maximum absolute atomic E-state index is 13.8. The van der Waals surface area contributed by atoms with Gasteiger partial charge in [0.2, 0.25) is 0 Å². The first kappa shape index (κ1) is 27.3. The molecule has 40 heavy (non-hydrogen) atoms. The number of aryl methyl sites for hydroxylation is 2. The molecule has 0 atom stereocenters. The van der Waals surface area contributed by atoms with E-state index in [9.17, 15) is 9.59 Å². The smallest absolute Gasteiger partial charge is 0.341 e. The number of nitrogens with zero attached hydrogens (tertiary/aromatic N) is 1. The predicted octanol–water partition coefficient (Wildman–Crippen LogP) is 8.57. The van der Waals surface area contributed by atoms with Crippen molar-refractivity contribution in [2.75, 3.05) is 12.4 Å². The van der Waals surface area contributed by atoms with Crippen LogP contribution in [0.2, 0.25) is 0 Å². The van der Waals surface area contributed by atoms with Gasteiger partial charge in [0.1, 0.15) is 10.6 Å². The van der Waals surface area contributed by atoms with Gasteiger partial charge < -0.3 is 10.1 Å². The Bertz CT molecular complexity index is 1650. The Balaban J connectivity index is 1.52. The van der Waals surface area contributed by atoms with E-state index in [2.05, 4.69) is 55.6 Å². The lowest BCUT2D eigenvalue weighted by molar-refractivity contribution is 0.0603. The average Bonchev–Trinajstić information content (AvgIpc) is 3.40. The molecule has 6 heteroatoms. The van der Waals surface area contributed by atoms with Gasteiger partial charge in [-0.3, -0.25) is 4.79 Å². The summed E-state index contributed by atoms with van der Waals surface area (Å²) in [6, 6.07) is 25.9. The molecule has 0 fully saturated rings. The largest absolute Gasteiger partial charge is 0.465 e. The van der Waals surface area contributed by atoms with Crippen LogP contribution in [-0.4, -0.2) is 24.0 Å². The minimum atomic E-state index is -0.489. The van der Waals surface area contributed by atoms with Crippen LogP contribution in [0.15, 0.2) is 84.2 Å². The molecule has 1 amide bonds. The van der Waals surface area contributed by atoms with Crippen molar-refractivity contribution in [1.82, 2.24) is 4.98 Å². The van der Waals surface area contributed by atoms with Gasteiger partial charge in [-0.05, 0) is 41.7 Å². The number of ether oxygens (including phenoxy) is 1. The predicted molar refractivity (Wildman–Crippen MR) is 164 cm³/mol. The number of anilines is 1. The Morgan fingerprint density at radius 1 is 0.850 bits per heavy atom. The van der Waals surface area contributed by atoms with Gasteiger partial charge in [-0.25, -0.2) is 9.78 Å². The first-order valence-corrected chi connectivity index (χ1v) is 14.5. The molecule has 0 aliphatic heterocycles. The summed E-state index contributed by atoms with van der Waals surface area (Å²) in [5, 5.41) is 6.10. The van der Waals surface area contributed by atoms with Crippen molar-refractivity contribution in [3.05, 3.63) is 106 Å². The highest BCUT2D eigenvalue weighted by Crippen LogP contribution is 2.37. The molecular formula is C34H32N2O3S. The van der Waals surface area contributed by atoms with E-state index in [0.29, 0.717) is 16.1 Å². The normalized spacial score (nSPS) is 11.0. The van der Waals surface area contributed by atoms with Crippen LogP contribution in [0.5, 0.6) is 0 Å². The van der Waals surface area contributed by atoms with Crippen LogP contribution in [0.1, 0.15) is 58.5 Å². The first-order chi connectivity index (χ1) is 19.5. The van der Waals surface area contributed by atoms with Crippen LogP contribution in [0.25, 0.3) is 33.3 Å². The number of fused-ring (bicyclic) bond motifs is 1. The molecule has 5 nitrogen and oxygen atoms in total. The van der Waals surface area contributed by atoms with Gasteiger partial charge in [-0.1, -0.05) is 93.4 Å². The summed E-state index contributed by atoms with van der Waals surface area (Å²) in [5.41, 5.74) is 7.41. The SMILES string of the molecule is CCCc1ccc(-c2cc(C(=O)Nc3scc(-c4ccc(CCC)cc4)c3C(=O)OC)c3ccccc3n2)cc1. The van der Waals surface area contributed by atoms with Crippen molar-refractivity contribution in [3.63, 3.8) is 0 Å². The molecule has 0 aliphatic rings. The molecule has 2 aromatic heterocycles. The summed E-state index contributed by atoms with van der Waals surface area (Å²) >= 11 is 1.32. The Kier molecular flexibility index (Phi) is 8.37. The minimum absolute atomic E-state index is 0.306. The summed E-state index contributed by atoms with van der Waals surface area (Å²) in [4.78, 5) is 31.6. The van der Waals surface area contributed by atoms with E-state index in [0.717, 1.165) is 59.0 Å². The standard InChI is InChI=1S/C34H32N2O3S/c1-4-8-22-12-16-24(17-13-22)28-21-40-33(31(28)34(38)39-3)36-32(37)27-20-30(35-29-11-7-6-10-26(27)29)25-18-14-23(9-5-2)15-19-25/h6-7,10-21H,4-5,8-9H2,1-3H3,(H,36,37). The van der Waals surface area contributed by atoms with Crippen LogP contribution >= 0.6 is 11.3 Å². The van der Waals surface area contributed by atoms with Crippen molar-refractivity contribution in [2.24, 2.45) is 0 Å². The Labute approximate surface area is 238 Å². The molecule has 5 rings (SSSR count). The van der Waals surface area contributed by atoms with Crippen LogP contribution in [0, 0.1) is 0 Å². The Morgan fingerprint density at radius 2 is 1.48 bits per heavy atom. The summed E-state index contributed by atoms with van der Waals surface area (Å²) in [5.74, 6) is -0.795. The summed E-state index contributed by atoms with van der Waals surface area (Å²) in [6.07, 6.45) is 4.17. The van der Waals surface area contributed by atoms with Gasteiger partial charge in [0.25, 0.3) is 5.91 Å². The summed E-state index contributed by atoms with van der Waals surface area (Å²) in [6.45, 7) is 4.31. The van der Waals surface area contributed by atoms with Gasteiger partial charge in [0.05, 0.1) is 23.9 Å². The van der Waals surface area contributed by atoms with Gasteiger partial charge in [0, 0.05) is 21.9 Å². The zero-order chi connectivity index (χ0) is 28.1. The maximum Gasteiger partial charge on any atom is 0.341 e. The molecule has 0 saturated carbocycles. The van der Waals surface area contributed by atoms with E-state index in [1.54, 1.807) is 0 Å². The number of rotatable bonds is 9. The van der Waals surface area contributed by atoms with Crippen LogP contribution in [-0.2, 0) is 17.6 Å². The summed E-state index contributed by atoms with van der Waals surface area (Å²) in [7, 11) is 1.36. The van der Waals surface area contributed by atoms with Crippen LogP contribution < -0.4 is 5.32 Å². The van der Waals surface area contributed by atoms with E-state index in [1.165, 1.54) is 29.6 Å². The van der Waals surface area contributed by atoms with E-state index in [4.69, 9.17) is 9.72 Å². The first-order valence-electron chi connectivity index (χ1n) is 13.6. The second-order valence-electron chi connectivity index (χ2n) is 9.77. The summed E-state index contributed by atoms with van der Waals surface area (Å²) < 4.78 is 5.13. The second kappa shape index (κ2) is 12.3. The number of benzene rings is 3. The number of hydrogen-bond donors (Lipinski definition) is 1. The van der Waals surface area contributed by atoms with Gasteiger partial charge in [-0.15, -0.1) is 11.3 Å². The molecule has 1 N–H and O–H groups in total. The molecule has 3 aromatic carbocycles. The molecule has 2 heterocycles. The fraction of sp³-hybridized carbons (Fsp3) is 0.206. The number of amides is 1. The molecular weight excluding hydrogens is 516 g/mol. The van der Waals surface area contributed by atoms with Crippen molar-refractivity contribution in [2.45, 2.75) is 39.5 Å². The van der Waals surface area contributed by atoms with E-state index >= 15 is 0 Å². The van der Waals surface area contributed by atoms with Gasteiger partial charge >= 0.3 is 5.97 Å². The number of carbonyl (C=O) groups is 2. The number of nitrogens with one attached hydrogen (secondary N) is 1. The number of hydrogen-bond acceptors (Lipinski definition) is 5. The Morgan fingerprint density at radius 3 is 2.10 bits per heavy atom. The average molecular weight is 549 g/mol. The molecule has 0 radical (unpaired) electrons. The fourth-order valence-corrected chi connectivity index (χ4v) is 5.87. The van der Waals surface area contributed by atoms with Crippen molar-refractivity contribution in [3.8, 4) is 22.4 Å². The lowest BCUT2D eigenvalue weighted by Crippen LogP contribution is -2.15. The molecule has 0 spiro atoms. The topological polar surface area (TPSA) is 68.3 Å². The van der Waals surface area contributed by atoms with Gasteiger partial charge in [0.15, 0.2) is 0 Å². The number of methoxy groups -OCH3 is 1.